The highest BCUT2D eigenvalue weighted by molar-refractivity contribution is 9.10. The molecule has 0 saturated heterocycles. The van der Waals surface area contributed by atoms with Gasteiger partial charge in [0.2, 0.25) is 5.78 Å². The van der Waals surface area contributed by atoms with Crippen molar-refractivity contribution in [3.05, 3.63) is 50.6 Å². The van der Waals surface area contributed by atoms with E-state index >= 15 is 0 Å². The molecule has 4 heteroatoms. The molecule has 0 amide bonds. The van der Waals surface area contributed by atoms with E-state index < -0.39 is 0 Å². The summed E-state index contributed by atoms with van der Waals surface area (Å²) in [7, 11) is 0. The number of halogens is 1. The third-order valence-corrected chi connectivity index (χ3v) is 4.65. The molecule has 100 valence electrons. The first kappa shape index (κ1) is 14.3. The smallest absolute Gasteiger partial charge is 0.211 e. The fraction of sp³-hybridized carbons (Fsp3) is 0.267. The number of ketones is 1. The number of Topliss-reactive ketones (excluding diaryl/α,β-unsaturated/α-hetero) is 1. The van der Waals surface area contributed by atoms with Crippen molar-refractivity contribution in [3.8, 4) is 5.75 Å². The van der Waals surface area contributed by atoms with Gasteiger partial charge in [-0.25, -0.2) is 0 Å². The van der Waals surface area contributed by atoms with Crippen LogP contribution in [0.2, 0.25) is 0 Å². The first-order chi connectivity index (χ1) is 9.09. The number of para-hydroxylation sites is 1. The van der Waals surface area contributed by atoms with Crippen molar-refractivity contribution in [2.75, 3.05) is 6.61 Å². The van der Waals surface area contributed by atoms with Gasteiger partial charge in [-0.05, 0) is 44.9 Å². The van der Waals surface area contributed by atoms with Gasteiger partial charge >= 0.3 is 0 Å². The molecule has 2 nitrogen and oxygen atoms in total. The van der Waals surface area contributed by atoms with E-state index in [-0.39, 0.29) is 12.4 Å². The Bertz CT molecular complexity index is 575. The molecule has 0 atom stereocenters. The van der Waals surface area contributed by atoms with Crippen molar-refractivity contribution in [2.45, 2.75) is 19.8 Å². The van der Waals surface area contributed by atoms with Crippen molar-refractivity contribution in [2.24, 2.45) is 0 Å². The summed E-state index contributed by atoms with van der Waals surface area (Å²) >= 11 is 4.79. The Balaban J connectivity index is 2.07. The molecule has 0 aliphatic carbocycles. The topological polar surface area (TPSA) is 26.3 Å². The van der Waals surface area contributed by atoms with Gasteiger partial charge in [0.15, 0.2) is 6.61 Å². The van der Waals surface area contributed by atoms with Crippen molar-refractivity contribution in [1.82, 2.24) is 0 Å². The maximum atomic E-state index is 12.0. The summed E-state index contributed by atoms with van der Waals surface area (Å²) in [5, 5.41) is 1.89. The van der Waals surface area contributed by atoms with Crippen LogP contribution in [-0.4, -0.2) is 12.4 Å². The van der Waals surface area contributed by atoms with E-state index in [4.69, 9.17) is 4.74 Å². The molecule has 0 aliphatic rings. The van der Waals surface area contributed by atoms with Crippen molar-refractivity contribution in [3.63, 3.8) is 0 Å². The fourth-order valence-corrected chi connectivity index (χ4v) is 3.31. The Morgan fingerprint density at radius 3 is 2.68 bits per heavy atom. The number of carbonyl (C=O) groups excluding carboxylic acids is 1. The lowest BCUT2D eigenvalue weighted by Gasteiger charge is -2.13. The summed E-state index contributed by atoms with van der Waals surface area (Å²) in [5.74, 6) is 1.17. The van der Waals surface area contributed by atoms with Gasteiger partial charge in [-0.2, -0.15) is 0 Å². The van der Waals surface area contributed by atoms with Gasteiger partial charge in [0, 0.05) is 4.47 Å². The van der Waals surface area contributed by atoms with Crippen LogP contribution in [0.25, 0.3) is 0 Å². The second-order valence-corrected chi connectivity index (χ2v) is 6.27. The maximum Gasteiger partial charge on any atom is 0.211 e. The Hall–Kier alpha value is -1.13. The molecule has 0 fully saturated rings. The molecule has 2 rings (SSSR count). The second kappa shape index (κ2) is 6.35. The number of benzene rings is 1. The second-order valence-electron chi connectivity index (χ2n) is 4.50. The van der Waals surface area contributed by atoms with Crippen LogP contribution in [-0.2, 0) is 0 Å². The highest BCUT2D eigenvalue weighted by atomic mass is 79.9. The number of rotatable bonds is 5. The van der Waals surface area contributed by atoms with Crippen LogP contribution >= 0.6 is 27.3 Å². The minimum atomic E-state index is 0.000402. The zero-order valence-electron chi connectivity index (χ0n) is 10.9. The molecule has 1 aromatic carbocycles. The standard InChI is InChI=1S/C15H15BrO2S/c1-10(2)11-5-3-4-6-14(11)18-9-13(17)15-12(16)7-8-19-15/h3-8,10H,9H2,1-2H3. The fourth-order valence-electron chi connectivity index (χ4n) is 1.79. The van der Waals surface area contributed by atoms with E-state index in [1.807, 2.05) is 35.7 Å². The molecule has 19 heavy (non-hydrogen) atoms. The van der Waals surface area contributed by atoms with Gasteiger partial charge in [-0.15, -0.1) is 11.3 Å². The summed E-state index contributed by atoms with van der Waals surface area (Å²) in [6.45, 7) is 4.29. The van der Waals surface area contributed by atoms with Crippen molar-refractivity contribution < 1.29 is 9.53 Å². The molecule has 0 bridgehead atoms. The maximum absolute atomic E-state index is 12.0. The average Bonchev–Trinajstić information content (AvgIpc) is 2.82. The molecule has 2 aromatic rings. The van der Waals surface area contributed by atoms with Crippen LogP contribution < -0.4 is 4.74 Å². The number of thiophene rings is 1. The Kier molecular flexibility index (Phi) is 4.77. The van der Waals surface area contributed by atoms with Crippen LogP contribution in [0.5, 0.6) is 5.75 Å². The minimum absolute atomic E-state index is 0.000402. The highest BCUT2D eigenvalue weighted by Gasteiger charge is 2.14. The zero-order chi connectivity index (χ0) is 13.8. The quantitative estimate of drug-likeness (QED) is 0.725. The Labute approximate surface area is 125 Å². The molecule has 1 aromatic heterocycles. The zero-order valence-corrected chi connectivity index (χ0v) is 13.3. The lowest BCUT2D eigenvalue weighted by molar-refractivity contribution is 0.0924. The molecular weight excluding hydrogens is 324 g/mol. The van der Waals surface area contributed by atoms with Crippen LogP contribution in [0.15, 0.2) is 40.2 Å². The average molecular weight is 339 g/mol. The normalized spacial score (nSPS) is 10.7. The van der Waals surface area contributed by atoms with Gasteiger partial charge < -0.3 is 4.74 Å². The van der Waals surface area contributed by atoms with Crippen LogP contribution in [0.4, 0.5) is 0 Å². The van der Waals surface area contributed by atoms with Crippen molar-refractivity contribution >= 4 is 33.0 Å². The predicted octanol–water partition coefficient (Wildman–Crippen LogP) is 4.90. The van der Waals surface area contributed by atoms with Gasteiger partial charge in [-0.1, -0.05) is 32.0 Å². The van der Waals surface area contributed by atoms with E-state index in [1.165, 1.54) is 11.3 Å². The third-order valence-electron chi connectivity index (χ3n) is 2.77. The van der Waals surface area contributed by atoms with Crippen molar-refractivity contribution in [1.29, 1.82) is 0 Å². The number of hydrogen-bond acceptors (Lipinski definition) is 3. The Morgan fingerprint density at radius 1 is 1.32 bits per heavy atom. The number of hydrogen-bond donors (Lipinski definition) is 0. The molecule has 0 radical (unpaired) electrons. The first-order valence-electron chi connectivity index (χ1n) is 6.07. The predicted molar refractivity (Wildman–Crippen MR) is 82.4 cm³/mol. The molecule has 0 saturated carbocycles. The molecule has 0 aliphatic heterocycles. The van der Waals surface area contributed by atoms with Gasteiger partial charge in [0.25, 0.3) is 0 Å². The summed E-state index contributed by atoms with van der Waals surface area (Å²) in [6.07, 6.45) is 0. The first-order valence-corrected chi connectivity index (χ1v) is 7.74. The Morgan fingerprint density at radius 2 is 2.05 bits per heavy atom. The molecular formula is C15H15BrO2S. The lowest BCUT2D eigenvalue weighted by atomic mass is 10.0. The number of carbonyl (C=O) groups is 1. The lowest BCUT2D eigenvalue weighted by Crippen LogP contribution is -2.11. The number of ether oxygens (including phenoxy) is 1. The summed E-state index contributed by atoms with van der Waals surface area (Å²) in [6, 6.07) is 9.73. The van der Waals surface area contributed by atoms with Gasteiger partial charge in [0.1, 0.15) is 5.75 Å². The van der Waals surface area contributed by atoms with E-state index in [0.717, 1.165) is 15.8 Å². The largest absolute Gasteiger partial charge is 0.485 e. The van der Waals surface area contributed by atoms with E-state index in [0.29, 0.717) is 10.8 Å². The van der Waals surface area contributed by atoms with Gasteiger partial charge in [0.05, 0.1) is 4.88 Å². The van der Waals surface area contributed by atoms with E-state index in [2.05, 4.69) is 29.8 Å². The third kappa shape index (κ3) is 3.45. The van der Waals surface area contributed by atoms with Crippen LogP contribution in [0.1, 0.15) is 35.0 Å². The summed E-state index contributed by atoms with van der Waals surface area (Å²) in [5.41, 5.74) is 1.13. The van der Waals surface area contributed by atoms with E-state index in [1.54, 1.807) is 0 Å². The molecule has 0 spiro atoms. The van der Waals surface area contributed by atoms with E-state index in [9.17, 15) is 4.79 Å². The summed E-state index contributed by atoms with van der Waals surface area (Å²) in [4.78, 5) is 12.7. The monoisotopic (exact) mass is 338 g/mol. The van der Waals surface area contributed by atoms with Crippen LogP contribution in [0.3, 0.4) is 0 Å². The summed E-state index contributed by atoms with van der Waals surface area (Å²) < 4.78 is 6.51. The molecule has 1 heterocycles. The molecule has 0 unspecified atom stereocenters. The minimum Gasteiger partial charge on any atom is -0.485 e. The highest BCUT2D eigenvalue weighted by Crippen LogP contribution is 2.27. The van der Waals surface area contributed by atoms with Gasteiger partial charge in [-0.3, -0.25) is 4.79 Å². The van der Waals surface area contributed by atoms with Crippen LogP contribution in [0, 0.1) is 0 Å². The molecule has 0 N–H and O–H groups in total. The SMILES string of the molecule is CC(C)c1ccccc1OCC(=O)c1sccc1Br.